The van der Waals surface area contributed by atoms with Gasteiger partial charge in [-0.15, -0.1) is 11.6 Å². The van der Waals surface area contributed by atoms with Crippen molar-refractivity contribution >= 4 is 34.4 Å². The molecule has 144 valence electrons. The van der Waals surface area contributed by atoms with Crippen molar-refractivity contribution in [2.75, 3.05) is 12.5 Å². The van der Waals surface area contributed by atoms with Gasteiger partial charge in [-0.05, 0) is 37.0 Å². The molecule has 0 bridgehead atoms. The second-order valence-electron chi connectivity index (χ2n) is 6.36. The summed E-state index contributed by atoms with van der Waals surface area (Å²) in [6.07, 6.45) is 2.07. The molecular formula is C22H26ClNO2S. The van der Waals surface area contributed by atoms with E-state index >= 15 is 0 Å². The molecule has 27 heavy (non-hydrogen) atoms. The van der Waals surface area contributed by atoms with Gasteiger partial charge in [0.05, 0.1) is 6.61 Å². The number of thiocarbonyl (C=S) groups is 1. The lowest BCUT2D eigenvalue weighted by Gasteiger charge is -2.18. The highest BCUT2D eigenvalue weighted by atomic mass is 35.5. The van der Waals surface area contributed by atoms with Crippen molar-refractivity contribution in [1.82, 2.24) is 0 Å². The summed E-state index contributed by atoms with van der Waals surface area (Å²) in [5.41, 5.74) is 3.57. The van der Waals surface area contributed by atoms with E-state index in [4.69, 9.17) is 38.7 Å². The fraction of sp³-hybridized carbons (Fsp3) is 0.364. The van der Waals surface area contributed by atoms with Crippen LogP contribution in [-0.2, 0) is 13.0 Å². The number of alkyl halides is 1. The normalized spacial score (nSPS) is 10.5. The maximum absolute atomic E-state index is 7.77. The zero-order valence-corrected chi connectivity index (χ0v) is 17.5. The first-order valence-corrected chi connectivity index (χ1v) is 10.1. The smallest absolute Gasteiger partial charge is 0.131 e. The molecule has 0 fully saturated rings. The van der Waals surface area contributed by atoms with Gasteiger partial charge >= 0.3 is 0 Å². The SMILES string of the molecule is CCc1cc(C(=S)CC(C)=N)c(OCc2ccccc2)cc1OCCCCl. The van der Waals surface area contributed by atoms with Crippen LogP contribution in [0.5, 0.6) is 11.5 Å². The van der Waals surface area contributed by atoms with E-state index in [1.54, 1.807) is 6.92 Å². The third-order valence-electron chi connectivity index (χ3n) is 4.04. The molecule has 0 aliphatic rings. The molecule has 0 aliphatic heterocycles. The van der Waals surface area contributed by atoms with Crippen LogP contribution in [-0.4, -0.2) is 23.1 Å². The third kappa shape index (κ3) is 6.64. The zero-order chi connectivity index (χ0) is 19.6. The number of benzene rings is 2. The molecule has 0 saturated heterocycles. The van der Waals surface area contributed by atoms with Gasteiger partial charge in [0.25, 0.3) is 0 Å². The Hall–Kier alpha value is -1.91. The fourth-order valence-electron chi connectivity index (χ4n) is 2.66. The molecule has 3 nitrogen and oxygen atoms in total. The standard InChI is InChI=1S/C22H26ClNO2S/c1-3-18-13-19(22(27)12-16(2)24)21(14-20(18)25-11-7-10-23)26-15-17-8-5-4-6-9-17/h4-6,8-9,13-14,24H,3,7,10-12,15H2,1-2H3. The molecule has 1 N–H and O–H groups in total. The van der Waals surface area contributed by atoms with Gasteiger partial charge in [-0.3, -0.25) is 0 Å². The molecule has 0 saturated carbocycles. The van der Waals surface area contributed by atoms with E-state index in [1.807, 2.05) is 42.5 Å². The minimum absolute atomic E-state index is 0.451. The van der Waals surface area contributed by atoms with Crippen molar-refractivity contribution in [1.29, 1.82) is 5.41 Å². The van der Waals surface area contributed by atoms with Crippen LogP contribution in [0, 0.1) is 5.41 Å². The van der Waals surface area contributed by atoms with Gasteiger partial charge in [-0.1, -0.05) is 49.5 Å². The number of hydrogen-bond acceptors (Lipinski definition) is 4. The Labute approximate surface area is 172 Å². The molecule has 0 aliphatic carbocycles. The quantitative estimate of drug-likeness (QED) is 0.165. The first-order chi connectivity index (χ1) is 13.0. The molecule has 5 heteroatoms. The summed E-state index contributed by atoms with van der Waals surface area (Å²) in [4.78, 5) is 0.715. The number of hydrogen-bond donors (Lipinski definition) is 1. The van der Waals surface area contributed by atoms with Crippen LogP contribution in [0.25, 0.3) is 0 Å². The first-order valence-electron chi connectivity index (χ1n) is 9.14. The van der Waals surface area contributed by atoms with Crippen molar-refractivity contribution in [3.63, 3.8) is 0 Å². The van der Waals surface area contributed by atoms with Crippen molar-refractivity contribution in [3.8, 4) is 11.5 Å². The Kier molecular flexibility index (Phi) is 8.76. The summed E-state index contributed by atoms with van der Waals surface area (Å²) in [6.45, 7) is 4.87. The van der Waals surface area contributed by atoms with Gasteiger partial charge < -0.3 is 14.9 Å². The summed E-state index contributed by atoms with van der Waals surface area (Å²) in [5.74, 6) is 2.08. The maximum atomic E-state index is 7.77. The van der Waals surface area contributed by atoms with Crippen molar-refractivity contribution in [2.24, 2.45) is 0 Å². The van der Waals surface area contributed by atoms with Gasteiger partial charge in [0.1, 0.15) is 18.1 Å². The maximum Gasteiger partial charge on any atom is 0.131 e. The Morgan fingerprint density at radius 3 is 2.48 bits per heavy atom. The average molecular weight is 404 g/mol. The molecule has 0 heterocycles. The number of ether oxygens (including phenoxy) is 2. The van der Waals surface area contributed by atoms with Crippen LogP contribution in [0.1, 0.15) is 43.4 Å². The molecular weight excluding hydrogens is 378 g/mol. The zero-order valence-electron chi connectivity index (χ0n) is 15.9. The topological polar surface area (TPSA) is 42.3 Å². The minimum Gasteiger partial charge on any atom is -0.493 e. The van der Waals surface area contributed by atoms with Crippen LogP contribution in [0.15, 0.2) is 42.5 Å². The highest BCUT2D eigenvalue weighted by Crippen LogP contribution is 2.32. The van der Waals surface area contributed by atoms with E-state index in [9.17, 15) is 0 Å². The largest absolute Gasteiger partial charge is 0.493 e. The molecule has 0 atom stereocenters. The van der Waals surface area contributed by atoms with E-state index in [1.165, 1.54) is 0 Å². The Morgan fingerprint density at radius 2 is 1.85 bits per heavy atom. The number of halogens is 1. The van der Waals surface area contributed by atoms with Crippen molar-refractivity contribution in [3.05, 3.63) is 59.2 Å². The van der Waals surface area contributed by atoms with Gasteiger partial charge in [0.15, 0.2) is 0 Å². The summed E-state index contributed by atoms with van der Waals surface area (Å²) in [6, 6.07) is 14.0. The third-order valence-corrected chi connectivity index (χ3v) is 4.67. The van der Waals surface area contributed by atoms with Crippen LogP contribution in [0.3, 0.4) is 0 Å². The summed E-state index contributed by atoms with van der Waals surface area (Å²) >= 11 is 11.4. The van der Waals surface area contributed by atoms with Crippen molar-refractivity contribution in [2.45, 2.75) is 39.7 Å². The summed E-state index contributed by atoms with van der Waals surface area (Å²) in [7, 11) is 0. The number of rotatable bonds is 11. The second-order valence-corrected chi connectivity index (χ2v) is 7.23. The summed E-state index contributed by atoms with van der Waals surface area (Å²) < 4.78 is 12.0. The van der Waals surface area contributed by atoms with Crippen LogP contribution in [0.4, 0.5) is 0 Å². The Morgan fingerprint density at radius 1 is 1.11 bits per heavy atom. The van der Waals surface area contributed by atoms with Gasteiger partial charge in [-0.25, -0.2) is 0 Å². The van der Waals surface area contributed by atoms with Crippen LogP contribution < -0.4 is 9.47 Å². The number of nitrogens with one attached hydrogen (secondary N) is 1. The summed E-state index contributed by atoms with van der Waals surface area (Å²) in [5, 5.41) is 7.77. The molecule has 2 rings (SSSR count). The average Bonchev–Trinajstić information content (AvgIpc) is 2.66. The van der Waals surface area contributed by atoms with Gasteiger partial charge in [0.2, 0.25) is 0 Å². The predicted octanol–water partition coefficient (Wildman–Crippen LogP) is 5.98. The molecule has 0 amide bonds. The molecule has 2 aromatic rings. The fourth-order valence-corrected chi connectivity index (χ4v) is 3.15. The lowest BCUT2D eigenvalue weighted by molar-refractivity contribution is 0.293. The van der Waals surface area contributed by atoms with Gasteiger partial charge in [0, 0.05) is 34.5 Å². The van der Waals surface area contributed by atoms with Gasteiger partial charge in [-0.2, -0.15) is 0 Å². The van der Waals surface area contributed by atoms with E-state index in [2.05, 4.69) is 6.92 Å². The van der Waals surface area contributed by atoms with E-state index < -0.39 is 0 Å². The molecule has 0 unspecified atom stereocenters. The predicted molar refractivity (Wildman–Crippen MR) is 117 cm³/mol. The lowest BCUT2D eigenvalue weighted by Crippen LogP contribution is -2.09. The second kappa shape index (κ2) is 11.1. The van der Waals surface area contributed by atoms with Crippen LogP contribution >= 0.6 is 23.8 Å². The molecule has 0 spiro atoms. The monoisotopic (exact) mass is 403 g/mol. The Bertz CT molecular complexity index is 777. The van der Waals surface area contributed by atoms with Crippen LogP contribution in [0.2, 0.25) is 0 Å². The number of aryl methyl sites for hydroxylation is 1. The molecule has 2 aromatic carbocycles. The lowest BCUT2D eigenvalue weighted by atomic mass is 10.0. The van der Waals surface area contributed by atoms with E-state index in [0.29, 0.717) is 41.8 Å². The highest BCUT2D eigenvalue weighted by Gasteiger charge is 2.15. The minimum atomic E-state index is 0.451. The van der Waals surface area contributed by atoms with E-state index in [-0.39, 0.29) is 0 Å². The first kappa shape index (κ1) is 21.4. The van der Waals surface area contributed by atoms with E-state index in [0.717, 1.165) is 35.3 Å². The highest BCUT2D eigenvalue weighted by molar-refractivity contribution is 7.81. The molecule has 0 aromatic heterocycles. The Balaban J connectivity index is 2.33. The molecule has 0 radical (unpaired) electrons. The van der Waals surface area contributed by atoms with Crippen molar-refractivity contribution < 1.29 is 9.47 Å².